The van der Waals surface area contributed by atoms with Gasteiger partial charge >= 0.3 is 0 Å². The van der Waals surface area contributed by atoms with E-state index in [4.69, 9.17) is 11.6 Å². The van der Waals surface area contributed by atoms with E-state index in [1.54, 1.807) is 0 Å². The molecule has 20 heavy (non-hydrogen) atoms. The fraction of sp³-hybridized carbons (Fsp3) is 0.647. The predicted octanol–water partition coefficient (Wildman–Crippen LogP) is 4.50. The minimum Gasteiger partial charge on any atom is -0.315 e. The molecule has 3 heteroatoms. The van der Waals surface area contributed by atoms with Crippen LogP contribution in [0.3, 0.4) is 0 Å². The maximum Gasteiger partial charge on any atom is 0.0409 e. The largest absolute Gasteiger partial charge is 0.315 e. The molecule has 1 aromatic rings. The van der Waals surface area contributed by atoms with Crippen molar-refractivity contribution in [1.82, 2.24) is 10.2 Å². The van der Waals surface area contributed by atoms with Gasteiger partial charge in [-0.25, -0.2) is 0 Å². The highest BCUT2D eigenvalue weighted by Crippen LogP contribution is 2.24. The molecular weight excluding hydrogens is 268 g/mol. The molecule has 1 aromatic carbocycles. The highest BCUT2D eigenvalue weighted by molar-refractivity contribution is 6.30. The Morgan fingerprint density at radius 2 is 1.90 bits per heavy atom. The molecular formula is C17H29ClN2. The van der Waals surface area contributed by atoms with Crippen LogP contribution in [-0.2, 0) is 0 Å². The fourth-order valence-corrected chi connectivity index (χ4v) is 2.57. The second-order valence-corrected chi connectivity index (χ2v) is 6.43. The van der Waals surface area contributed by atoms with E-state index < -0.39 is 0 Å². The van der Waals surface area contributed by atoms with Crippen LogP contribution in [0.5, 0.6) is 0 Å². The van der Waals surface area contributed by atoms with Crippen molar-refractivity contribution in [3.63, 3.8) is 0 Å². The fourth-order valence-electron chi connectivity index (χ4n) is 2.38. The molecule has 0 bridgehead atoms. The molecule has 2 unspecified atom stereocenters. The van der Waals surface area contributed by atoms with Crippen molar-refractivity contribution in [2.45, 2.75) is 58.7 Å². The summed E-state index contributed by atoms with van der Waals surface area (Å²) in [5.41, 5.74) is 1.28. The molecule has 0 spiro atoms. The molecule has 114 valence electrons. The highest BCUT2D eigenvalue weighted by atomic mass is 35.5. The van der Waals surface area contributed by atoms with Crippen LogP contribution in [0.1, 0.15) is 52.1 Å². The van der Waals surface area contributed by atoms with E-state index in [0.717, 1.165) is 11.6 Å². The summed E-state index contributed by atoms with van der Waals surface area (Å²) < 4.78 is 0. The number of rotatable bonds is 8. The Bertz CT molecular complexity index is 392. The van der Waals surface area contributed by atoms with E-state index in [1.165, 1.54) is 18.4 Å². The van der Waals surface area contributed by atoms with Gasteiger partial charge in [-0.15, -0.1) is 0 Å². The lowest BCUT2D eigenvalue weighted by Crippen LogP contribution is -2.33. The standard InChI is InChI=1S/C17H29ClN2/c1-13(2)19-11-7-8-14(3)20(5)15(4)16-9-6-10-17(18)12-16/h6,9-10,12-15,19H,7-8,11H2,1-5H3. The lowest BCUT2D eigenvalue weighted by Gasteiger charge is -2.31. The third-order valence-electron chi connectivity index (χ3n) is 3.99. The minimum absolute atomic E-state index is 0.391. The van der Waals surface area contributed by atoms with E-state index >= 15 is 0 Å². The van der Waals surface area contributed by atoms with E-state index in [1.807, 2.05) is 12.1 Å². The molecule has 0 fully saturated rings. The summed E-state index contributed by atoms with van der Waals surface area (Å²) in [7, 11) is 2.20. The van der Waals surface area contributed by atoms with Crippen LogP contribution in [0.4, 0.5) is 0 Å². The van der Waals surface area contributed by atoms with Gasteiger partial charge in [0.15, 0.2) is 0 Å². The summed E-state index contributed by atoms with van der Waals surface area (Å²) >= 11 is 6.08. The van der Waals surface area contributed by atoms with Crippen molar-refractivity contribution in [3.05, 3.63) is 34.9 Å². The van der Waals surface area contributed by atoms with Crippen LogP contribution in [-0.4, -0.2) is 30.6 Å². The molecule has 1 rings (SSSR count). The Balaban J connectivity index is 2.45. The first-order chi connectivity index (χ1) is 9.41. The normalized spacial score (nSPS) is 14.8. The molecule has 0 aliphatic carbocycles. The summed E-state index contributed by atoms with van der Waals surface area (Å²) in [6.45, 7) is 10.0. The van der Waals surface area contributed by atoms with Gasteiger partial charge in [0.05, 0.1) is 0 Å². The first kappa shape index (κ1) is 17.5. The van der Waals surface area contributed by atoms with E-state index in [0.29, 0.717) is 18.1 Å². The lowest BCUT2D eigenvalue weighted by molar-refractivity contribution is 0.186. The average molecular weight is 297 g/mol. The molecule has 1 N–H and O–H groups in total. The number of nitrogens with one attached hydrogen (secondary N) is 1. The first-order valence-electron chi connectivity index (χ1n) is 7.62. The van der Waals surface area contributed by atoms with Crippen molar-refractivity contribution in [2.75, 3.05) is 13.6 Å². The van der Waals surface area contributed by atoms with Crippen LogP contribution in [0, 0.1) is 0 Å². The first-order valence-corrected chi connectivity index (χ1v) is 8.00. The van der Waals surface area contributed by atoms with Gasteiger partial charge in [0.2, 0.25) is 0 Å². The van der Waals surface area contributed by atoms with E-state index in [-0.39, 0.29) is 0 Å². The predicted molar refractivity (Wildman–Crippen MR) is 89.5 cm³/mol. The van der Waals surface area contributed by atoms with Gasteiger partial charge in [-0.1, -0.05) is 37.6 Å². The molecule has 0 amide bonds. The Labute approximate surface area is 129 Å². The topological polar surface area (TPSA) is 15.3 Å². The van der Waals surface area contributed by atoms with Crippen molar-refractivity contribution < 1.29 is 0 Å². The second kappa shape index (κ2) is 8.66. The molecule has 0 aromatic heterocycles. The van der Waals surface area contributed by atoms with Gasteiger partial charge in [-0.3, -0.25) is 4.90 Å². The maximum atomic E-state index is 6.08. The molecule has 0 saturated carbocycles. The Kier molecular flexibility index (Phi) is 7.57. The van der Waals surface area contributed by atoms with Crippen LogP contribution >= 0.6 is 11.6 Å². The van der Waals surface area contributed by atoms with Gasteiger partial charge in [0.25, 0.3) is 0 Å². The van der Waals surface area contributed by atoms with E-state index in [9.17, 15) is 0 Å². The SMILES string of the molecule is CC(C)NCCCC(C)N(C)C(C)c1cccc(Cl)c1. The third-order valence-corrected chi connectivity index (χ3v) is 4.22. The third kappa shape index (κ3) is 5.82. The number of hydrogen-bond donors (Lipinski definition) is 1. The summed E-state index contributed by atoms with van der Waals surface area (Å²) in [5.74, 6) is 0. The zero-order chi connectivity index (χ0) is 15.1. The van der Waals surface area contributed by atoms with Gasteiger partial charge in [-0.05, 0) is 58.0 Å². The molecule has 2 atom stereocenters. The Morgan fingerprint density at radius 1 is 1.20 bits per heavy atom. The zero-order valence-electron chi connectivity index (χ0n) is 13.5. The van der Waals surface area contributed by atoms with Crippen LogP contribution in [0.2, 0.25) is 5.02 Å². The van der Waals surface area contributed by atoms with Crippen molar-refractivity contribution in [2.24, 2.45) is 0 Å². The van der Waals surface area contributed by atoms with Crippen molar-refractivity contribution >= 4 is 11.6 Å². The van der Waals surface area contributed by atoms with Crippen molar-refractivity contribution in [3.8, 4) is 0 Å². The minimum atomic E-state index is 0.391. The smallest absolute Gasteiger partial charge is 0.0409 e. The Morgan fingerprint density at radius 3 is 2.50 bits per heavy atom. The quantitative estimate of drug-likeness (QED) is 0.711. The molecule has 0 aliphatic rings. The summed E-state index contributed by atoms with van der Waals surface area (Å²) in [6.07, 6.45) is 2.42. The molecule has 0 heterocycles. The molecule has 0 saturated heterocycles. The van der Waals surface area contributed by atoms with Gasteiger partial charge in [0.1, 0.15) is 0 Å². The van der Waals surface area contributed by atoms with Crippen LogP contribution in [0.25, 0.3) is 0 Å². The lowest BCUT2D eigenvalue weighted by atomic mass is 10.0. The van der Waals surface area contributed by atoms with Gasteiger partial charge < -0.3 is 5.32 Å². The Hall–Kier alpha value is -0.570. The van der Waals surface area contributed by atoms with E-state index in [2.05, 4.69) is 57.1 Å². The summed E-state index contributed by atoms with van der Waals surface area (Å²) in [4.78, 5) is 2.43. The molecule has 2 nitrogen and oxygen atoms in total. The zero-order valence-corrected chi connectivity index (χ0v) is 14.2. The monoisotopic (exact) mass is 296 g/mol. The average Bonchev–Trinajstić information content (AvgIpc) is 2.41. The van der Waals surface area contributed by atoms with Crippen LogP contribution in [0.15, 0.2) is 24.3 Å². The molecule has 0 radical (unpaired) electrons. The summed E-state index contributed by atoms with van der Waals surface area (Å²) in [5, 5.41) is 4.29. The van der Waals surface area contributed by atoms with Gasteiger partial charge in [-0.2, -0.15) is 0 Å². The maximum absolute atomic E-state index is 6.08. The van der Waals surface area contributed by atoms with Gasteiger partial charge in [0, 0.05) is 23.1 Å². The number of halogens is 1. The second-order valence-electron chi connectivity index (χ2n) is 6.00. The number of nitrogens with zero attached hydrogens (tertiary/aromatic N) is 1. The van der Waals surface area contributed by atoms with Crippen LogP contribution < -0.4 is 5.32 Å². The summed E-state index contributed by atoms with van der Waals surface area (Å²) in [6, 6.07) is 9.71. The highest BCUT2D eigenvalue weighted by Gasteiger charge is 2.17. The number of hydrogen-bond acceptors (Lipinski definition) is 2. The molecule has 0 aliphatic heterocycles. The van der Waals surface area contributed by atoms with Crippen molar-refractivity contribution in [1.29, 1.82) is 0 Å². The number of benzene rings is 1.